The zero-order valence-electron chi connectivity index (χ0n) is 19.1. The van der Waals surface area contributed by atoms with Gasteiger partial charge in [-0.05, 0) is 67.9 Å². The molecule has 0 spiro atoms. The second-order valence-electron chi connectivity index (χ2n) is 8.84. The molecule has 0 aliphatic heterocycles. The third-order valence-electron chi connectivity index (χ3n) is 6.20. The van der Waals surface area contributed by atoms with E-state index in [2.05, 4.69) is 29.7 Å². The molecule has 172 valence electrons. The Hall–Kier alpha value is -2.83. The lowest BCUT2D eigenvalue weighted by Crippen LogP contribution is -2.06. The Bertz CT molecular complexity index is 1320. The number of terminal acetylenes is 1. The Labute approximate surface area is 216 Å². The highest BCUT2D eigenvalue weighted by atomic mass is 35.5. The van der Waals surface area contributed by atoms with Crippen LogP contribution >= 0.6 is 34.8 Å². The summed E-state index contributed by atoms with van der Waals surface area (Å²) in [4.78, 5) is -0.494. The van der Waals surface area contributed by atoms with E-state index >= 15 is 0 Å². The molecule has 0 bridgehead atoms. The summed E-state index contributed by atoms with van der Waals surface area (Å²) in [6.45, 7) is 12.5. The molecule has 0 saturated heterocycles. The second kappa shape index (κ2) is 9.43. The standard InChI is InChI=1S/C29H25Cl3N2/c1-6-20-13-21(15-22(30)14-20)28-27(29(28,5)32)19(4)34-24-11-12-26(31)25(16-24)18(3)33-23-9-7-17(2)8-10-23/h1,7-16,27-28,33-34H,3-4H2,2,5H3. The zero-order chi connectivity index (χ0) is 24.6. The fraction of sp³-hybridized carbons (Fsp3) is 0.172. The predicted octanol–water partition coefficient (Wildman–Crippen LogP) is 8.70. The Morgan fingerprint density at radius 1 is 0.971 bits per heavy atom. The minimum absolute atomic E-state index is 0.00581. The Kier molecular flexibility index (Phi) is 6.74. The smallest absolute Gasteiger partial charge is 0.0582 e. The van der Waals surface area contributed by atoms with E-state index < -0.39 is 4.87 Å². The maximum Gasteiger partial charge on any atom is 0.0582 e. The third-order valence-corrected chi connectivity index (χ3v) is 7.22. The van der Waals surface area contributed by atoms with Crippen molar-refractivity contribution in [2.45, 2.75) is 24.6 Å². The lowest BCUT2D eigenvalue weighted by molar-refractivity contribution is 0.899. The molecule has 4 rings (SSSR count). The average molecular weight is 508 g/mol. The quantitative estimate of drug-likeness (QED) is 0.247. The van der Waals surface area contributed by atoms with Crippen LogP contribution in [-0.4, -0.2) is 4.87 Å². The maximum absolute atomic E-state index is 6.88. The number of anilines is 2. The molecule has 0 heterocycles. The highest BCUT2D eigenvalue weighted by Gasteiger charge is 2.62. The number of aryl methyl sites for hydroxylation is 1. The first kappa shape index (κ1) is 24.3. The Morgan fingerprint density at radius 2 is 1.65 bits per heavy atom. The van der Waals surface area contributed by atoms with E-state index in [0.717, 1.165) is 33.8 Å². The van der Waals surface area contributed by atoms with Gasteiger partial charge in [-0.15, -0.1) is 18.0 Å². The van der Waals surface area contributed by atoms with E-state index in [9.17, 15) is 0 Å². The molecule has 5 heteroatoms. The van der Waals surface area contributed by atoms with Gasteiger partial charge in [0.05, 0.1) is 9.90 Å². The number of hydrogen-bond acceptors (Lipinski definition) is 2. The molecule has 1 aliphatic carbocycles. The normalized spacial score (nSPS) is 20.8. The third kappa shape index (κ3) is 4.98. The summed E-state index contributed by atoms with van der Waals surface area (Å²) < 4.78 is 0. The van der Waals surface area contributed by atoms with Crippen LogP contribution in [0.15, 0.2) is 79.5 Å². The van der Waals surface area contributed by atoms with Gasteiger partial charge in [-0.25, -0.2) is 0 Å². The van der Waals surface area contributed by atoms with Crippen LogP contribution in [0, 0.1) is 25.2 Å². The van der Waals surface area contributed by atoms with Crippen LogP contribution in [0.1, 0.15) is 35.1 Å². The largest absolute Gasteiger partial charge is 0.359 e. The molecule has 3 unspecified atom stereocenters. The molecule has 3 aromatic rings. The van der Waals surface area contributed by atoms with Crippen molar-refractivity contribution in [3.05, 3.63) is 112 Å². The van der Waals surface area contributed by atoms with Crippen molar-refractivity contribution in [1.82, 2.24) is 0 Å². The van der Waals surface area contributed by atoms with Gasteiger partial charge in [0, 0.05) is 50.8 Å². The maximum atomic E-state index is 6.88. The molecule has 1 aliphatic rings. The molecular formula is C29H25Cl3N2. The number of nitrogens with one attached hydrogen (secondary N) is 2. The Balaban J connectivity index is 1.51. The van der Waals surface area contributed by atoms with Crippen LogP contribution < -0.4 is 10.6 Å². The first-order valence-electron chi connectivity index (χ1n) is 10.8. The highest BCUT2D eigenvalue weighted by Crippen LogP contribution is 2.64. The van der Waals surface area contributed by atoms with Crippen molar-refractivity contribution in [3.63, 3.8) is 0 Å². The number of allylic oxidation sites excluding steroid dienone is 1. The zero-order valence-corrected chi connectivity index (χ0v) is 21.3. The van der Waals surface area contributed by atoms with E-state index in [4.69, 9.17) is 41.2 Å². The molecule has 2 N–H and O–H groups in total. The molecule has 34 heavy (non-hydrogen) atoms. The van der Waals surface area contributed by atoms with Crippen molar-refractivity contribution in [3.8, 4) is 12.3 Å². The summed E-state index contributed by atoms with van der Waals surface area (Å²) in [5.74, 6) is 2.70. The van der Waals surface area contributed by atoms with Crippen molar-refractivity contribution >= 4 is 51.9 Å². The molecule has 0 aromatic heterocycles. The molecule has 3 aromatic carbocycles. The van der Waals surface area contributed by atoms with Gasteiger partial charge in [0.15, 0.2) is 0 Å². The van der Waals surface area contributed by atoms with Crippen LogP contribution in [0.2, 0.25) is 10.0 Å². The summed E-state index contributed by atoms with van der Waals surface area (Å²) in [6.07, 6.45) is 5.58. The van der Waals surface area contributed by atoms with Crippen LogP contribution in [0.3, 0.4) is 0 Å². The van der Waals surface area contributed by atoms with E-state index in [1.54, 1.807) is 6.07 Å². The number of rotatable bonds is 7. The minimum Gasteiger partial charge on any atom is -0.359 e. The van der Waals surface area contributed by atoms with Gasteiger partial charge in [-0.1, -0.05) is 60.0 Å². The first-order valence-corrected chi connectivity index (χ1v) is 12.0. The predicted molar refractivity (Wildman–Crippen MR) is 148 cm³/mol. The van der Waals surface area contributed by atoms with E-state index in [1.165, 1.54) is 5.56 Å². The number of benzene rings is 3. The monoisotopic (exact) mass is 506 g/mol. The van der Waals surface area contributed by atoms with Gasteiger partial charge < -0.3 is 10.6 Å². The van der Waals surface area contributed by atoms with Crippen molar-refractivity contribution in [2.24, 2.45) is 5.92 Å². The average Bonchev–Trinajstić information content (AvgIpc) is 3.38. The fourth-order valence-corrected chi connectivity index (χ4v) is 5.32. The lowest BCUT2D eigenvalue weighted by Gasteiger charge is -2.15. The fourth-order valence-electron chi connectivity index (χ4n) is 4.39. The van der Waals surface area contributed by atoms with Crippen molar-refractivity contribution in [1.29, 1.82) is 0 Å². The molecule has 2 nitrogen and oxygen atoms in total. The van der Waals surface area contributed by atoms with E-state index in [0.29, 0.717) is 15.7 Å². The minimum atomic E-state index is -0.494. The SMILES string of the molecule is C#Cc1cc(Cl)cc(C2C(C(=C)Nc3ccc(Cl)c(C(=C)Nc4ccc(C)cc4)c3)C2(C)Cl)c1. The van der Waals surface area contributed by atoms with E-state index in [-0.39, 0.29) is 11.8 Å². The second-order valence-corrected chi connectivity index (χ2v) is 10.5. The van der Waals surface area contributed by atoms with Gasteiger partial charge in [0.2, 0.25) is 0 Å². The molecule has 0 amide bonds. The van der Waals surface area contributed by atoms with Crippen molar-refractivity contribution in [2.75, 3.05) is 10.6 Å². The van der Waals surface area contributed by atoms with Crippen LogP contribution in [0.4, 0.5) is 11.4 Å². The van der Waals surface area contributed by atoms with Gasteiger partial charge in [-0.3, -0.25) is 0 Å². The lowest BCUT2D eigenvalue weighted by atomic mass is 10.0. The first-order chi connectivity index (χ1) is 16.1. The van der Waals surface area contributed by atoms with Gasteiger partial charge in [0.1, 0.15) is 0 Å². The molecule has 1 fully saturated rings. The van der Waals surface area contributed by atoms with Crippen molar-refractivity contribution < 1.29 is 0 Å². The molecule has 3 atom stereocenters. The number of halogens is 3. The summed E-state index contributed by atoms with van der Waals surface area (Å²) >= 11 is 19.6. The summed E-state index contributed by atoms with van der Waals surface area (Å²) in [5, 5.41) is 7.94. The molecule has 1 saturated carbocycles. The highest BCUT2D eigenvalue weighted by molar-refractivity contribution is 6.32. The number of hydrogen-bond donors (Lipinski definition) is 2. The number of alkyl halides is 1. The molecular weight excluding hydrogens is 483 g/mol. The molecule has 0 radical (unpaired) electrons. The Morgan fingerprint density at radius 3 is 2.32 bits per heavy atom. The topological polar surface area (TPSA) is 24.1 Å². The van der Waals surface area contributed by atoms with Crippen LogP contribution in [0.5, 0.6) is 0 Å². The van der Waals surface area contributed by atoms with Crippen LogP contribution in [0.25, 0.3) is 5.70 Å². The van der Waals surface area contributed by atoms with Gasteiger partial charge in [-0.2, -0.15) is 0 Å². The van der Waals surface area contributed by atoms with Gasteiger partial charge >= 0.3 is 0 Å². The van der Waals surface area contributed by atoms with E-state index in [1.807, 2.05) is 68.4 Å². The summed E-state index contributed by atoms with van der Waals surface area (Å²) in [6, 6.07) is 19.5. The summed E-state index contributed by atoms with van der Waals surface area (Å²) in [5.41, 5.74) is 7.06. The van der Waals surface area contributed by atoms with Gasteiger partial charge in [0.25, 0.3) is 0 Å². The summed E-state index contributed by atoms with van der Waals surface area (Å²) in [7, 11) is 0. The van der Waals surface area contributed by atoms with Crippen LogP contribution in [-0.2, 0) is 0 Å².